The van der Waals surface area contributed by atoms with E-state index >= 15 is 0 Å². The first-order chi connectivity index (χ1) is 13.8. The number of carbonyl (C=O) groups is 1. The van der Waals surface area contributed by atoms with Crippen molar-refractivity contribution in [1.29, 1.82) is 5.26 Å². The number of nitrogens with zero attached hydrogens (tertiary/aromatic N) is 1. The van der Waals surface area contributed by atoms with E-state index in [1.165, 1.54) is 20.1 Å². The molecule has 3 rings (SSSR count). The minimum atomic E-state index is -0.933. The van der Waals surface area contributed by atoms with Crippen molar-refractivity contribution < 1.29 is 32.2 Å². The summed E-state index contributed by atoms with van der Waals surface area (Å²) in [5.41, 5.74) is 5.85. The van der Waals surface area contributed by atoms with Gasteiger partial charge in [-0.2, -0.15) is 5.26 Å². The highest BCUT2D eigenvalue weighted by molar-refractivity contribution is 5.92. The molecule has 1 aromatic heterocycles. The van der Waals surface area contributed by atoms with Crippen LogP contribution in [0.3, 0.4) is 0 Å². The average molecular weight is 402 g/mol. The van der Waals surface area contributed by atoms with Gasteiger partial charge in [0.1, 0.15) is 41.3 Å². The van der Waals surface area contributed by atoms with Gasteiger partial charge in [-0.1, -0.05) is 0 Å². The number of hydrogen-bond acceptors (Lipinski definition) is 7. The highest BCUT2D eigenvalue weighted by Gasteiger charge is 2.38. The molecule has 150 valence electrons. The zero-order chi connectivity index (χ0) is 21.1. The van der Waals surface area contributed by atoms with Crippen LogP contribution >= 0.6 is 0 Å². The first-order valence-electron chi connectivity index (χ1n) is 8.38. The SMILES string of the molecule is COC(=O)C1=C(C)OC(N)=C(C#N)C1c1ccc(COc2ccc(F)cc2F)o1. The fourth-order valence-corrected chi connectivity index (χ4v) is 2.91. The van der Waals surface area contributed by atoms with E-state index in [1.807, 2.05) is 6.07 Å². The summed E-state index contributed by atoms with van der Waals surface area (Å²) in [6.45, 7) is 1.35. The molecule has 0 saturated carbocycles. The smallest absolute Gasteiger partial charge is 0.338 e. The number of nitrogens with two attached hydrogens (primary N) is 1. The van der Waals surface area contributed by atoms with Gasteiger partial charge in [-0.05, 0) is 31.2 Å². The van der Waals surface area contributed by atoms with Gasteiger partial charge in [0.05, 0.1) is 18.6 Å². The molecule has 1 unspecified atom stereocenters. The lowest BCUT2D eigenvalue weighted by molar-refractivity contribution is -0.136. The molecule has 0 amide bonds. The number of rotatable bonds is 5. The third-order valence-electron chi connectivity index (χ3n) is 4.24. The van der Waals surface area contributed by atoms with Crippen molar-refractivity contribution in [3.8, 4) is 11.8 Å². The standard InChI is InChI=1S/C20H16F2N2O5/c1-10-17(20(25)26-2)18(13(8-23)19(24)28-10)16-6-4-12(29-16)9-27-15-5-3-11(21)7-14(15)22/h3-7,18H,9,24H2,1-2H3. The summed E-state index contributed by atoms with van der Waals surface area (Å²) < 4.78 is 47.7. The Hall–Kier alpha value is -3.80. The molecule has 0 aliphatic carbocycles. The zero-order valence-corrected chi connectivity index (χ0v) is 15.5. The van der Waals surface area contributed by atoms with Crippen molar-refractivity contribution in [1.82, 2.24) is 0 Å². The number of carbonyl (C=O) groups excluding carboxylic acids is 1. The zero-order valence-electron chi connectivity index (χ0n) is 15.5. The van der Waals surface area contributed by atoms with E-state index in [-0.39, 0.29) is 46.7 Å². The summed E-state index contributed by atoms with van der Waals surface area (Å²) in [6, 6.07) is 7.93. The largest absolute Gasteiger partial charge is 0.483 e. The van der Waals surface area contributed by atoms with E-state index in [0.29, 0.717) is 6.07 Å². The molecule has 0 bridgehead atoms. The summed E-state index contributed by atoms with van der Waals surface area (Å²) in [5.74, 6) is -2.81. The van der Waals surface area contributed by atoms with Gasteiger partial charge in [-0.15, -0.1) is 0 Å². The Labute approximate surface area is 164 Å². The molecule has 0 fully saturated rings. The van der Waals surface area contributed by atoms with Crippen LogP contribution in [-0.2, 0) is 20.9 Å². The molecular weight excluding hydrogens is 386 g/mol. The maximum Gasteiger partial charge on any atom is 0.338 e. The van der Waals surface area contributed by atoms with Gasteiger partial charge in [-0.25, -0.2) is 13.6 Å². The monoisotopic (exact) mass is 402 g/mol. The minimum Gasteiger partial charge on any atom is -0.483 e. The maximum atomic E-state index is 13.7. The summed E-state index contributed by atoms with van der Waals surface area (Å²) >= 11 is 0. The van der Waals surface area contributed by atoms with Crippen molar-refractivity contribution in [2.24, 2.45) is 5.73 Å². The quantitative estimate of drug-likeness (QED) is 0.764. The van der Waals surface area contributed by atoms with Crippen molar-refractivity contribution in [2.75, 3.05) is 7.11 Å². The Morgan fingerprint density at radius 2 is 2.07 bits per heavy atom. The van der Waals surface area contributed by atoms with Crippen LogP contribution in [0.5, 0.6) is 5.75 Å². The second-order valence-electron chi connectivity index (χ2n) is 6.05. The fourth-order valence-electron chi connectivity index (χ4n) is 2.91. The van der Waals surface area contributed by atoms with Gasteiger partial charge >= 0.3 is 5.97 Å². The van der Waals surface area contributed by atoms with Crippen molar-refractivity contribution in [3.05, 3.63) is 76.3 Å². The molecule has 29 heavy (non-hydrogen) atoms. The number of methoxy groups -OCH3 is 1. The Kier molecular flexibility index (Phi) is 5.54. The molecule has 1 atom stereocenters. The first kappa shape index (κ1) is 19.9. The number of benzene rings is 1. The Balaban J connectivity index is 1.89. The predicted molar refractivity (Wildman–Crippen MR) is 94.8 cm³/mol. The third-order valence-corrected chi connectivity index (χ3v) is 4.24. The molecule has 0 saturated heterocycles. The molecule has 7 nitrogen and oxygen atoms in total. The molecule has 0 spiro atoms. The summed E-state index contributed by atoms with van der Waals surface area (Å²) in [7, 11) is 1.20. The number of furan rings is 1. The Bertz CT molecular complexity index is 1070. The van der Waals surface area contributed by atoms with Gasteiger partial charge in [0.2, 0.25) is 5.88 Å². The van der Waals surface area contributed by atoms with E-state index in [1.54, 1.807) is 6.07 Å². The van der Waals surface area contributed by atoms with Gasteiger partial charge in [-0.3, -0.25) is 0 Å². The van der Waals surface area contributed by atoms with Crippen LogP contribution in [0.25, 0.3) is 0 Å². The lowest BCUT2D eigenvalue weighted by atomic mass is 9.87. The number of ether oxygens (including phenoxy) is 3. The molecule has 1 aliphatic rings. The number of halogens is 2. The van der Waals surface area contributed by atoms with Crippen LogP contribution in [0.2, 0.25) is 0 Å². The van der Waals surface area contributed by atoms with Crippen LogP contribution in [-0.4, -0.2) is 13.1 Å². The lowest BCUT2D eigenvalue weighted by Gasteiger charge is -2.24. The van der Waals surface area contributed by atoms with E-state index in [0.717, 1.165) is 12.1 Å². The van der Waals surface area contributed by atoms with Crippen LogP contribution in [0.15, 0.2) is 57.5 Å². The molecule has 1 aromatic carbocycles. The van der Waals surface area contributed by atoms with Crippen LogP contribution in [0.1, 0.15) is 24.4 Å². The number of esters is 1. The van der Waals surface area contributed by atoms with Gasteiger partial charge < -0.3 is 24.4 Å². The molecular formula is C20H16F2N2O5. The number of nitriles is 1. The number of allylic oxidation sites excluding steroid dienone is 2. The summed E-state index contributed by atoms with van der Waals surface area (Å²) in [5, 5.41) is 9.48. The maximum absolute atomic E-state index is 13.7. The number of hydrogen-bond donors (Lipinski definition) is 1. The normalized spacial score (nSPS) is 16.3. The second-order valence-corrected chi connectivity index (χ2v) is 6.05. The topological polar surface area (TPSA) is 108 Å². The first-order valence-corrected chi connectivity index (χ1v) is 8.38. The van der Waals surface area contributed by atoms with Crippen LogP contribution in [0.4, 0.5) is 8.78 Å². The van der Waals surface area contributed by atoms with Crippen molar-refractivity contribution in [2.45, 2.75) is 19.4 Å². The fraction of sp³-hybridized carbons (Fsp3) is 0.200. The van der Waals surface area contributed by atoms with E-state index in [4.69, 9.17) is 24.4 Å². The molecule has 1 aliphatic heterocycles. The minimum absolute atomic E-state index is 0.0117. The Morgan fingerprint density at radius 1 is 1.31 bits per heavy atom. The average Bonchev–Trinajstić information content (AvgIpc) is 3.15. The van der Waals surface area contributed by atoms with Gasteiger partial charge in [0.25, 0.3) is 0 Å². The van der Waals surface area contributed by atoms with Gasteiger partial charge in [0.15, 0.2) is 11.6 Å². The van der Waals surface area contributed by atoms with Gasteiger partial charge in [0, 0.05) is 6.07 Å². The van der Waals surface area contributed by atoms with E-state index < -0.39 is 23.5 Å². The second kappa shape index (κ2) is 8.06. The van der Waals surface area contributed by atoms with Crippen LogP contribution in [0, 0.1) is 23.0 Å². The van der Waals surface area contributed by atoms with E-state index in [2.05, 4.69) is 0 Å². The molecule has 0 radical (unpaired) electrons. The van der Waals surface area contributed by atoms with Crippen molar-refractivity contribution >= 4 is 5.97 Å². The molecule has 2 heterocycles. The van der Waals surface area contributed by atoms with Crippen molar-refractivity contribution in [3.63, 3.8) is 0 Å². The highest BCUT2D eigenvalue weighted by atomic mass is 19.1. The summed E-state index contributed by atoms with van der Waals surface area (Å²) in [4.78, 5) is 12.2. The Morgan fingerprint density at radius 3 is 2.72 bits per heavy atom. The van der Waals surface area contributed by atoms with E-state index in [9.17, 15) is 18.8 Å². The highest BCUT2D eigenvalue weighted by Crippen LogP contribution is 2.40. The summed E-state index contributed by atoms with van der Waals surface area (Å²) in [6.07, 6.45) is 0. The van der Waals surface area contributed by atoms with Crippen LogP contribution < -0.4 is 10.5 Å². The molecule has 2 aromatic rings. The lowest BCUT2D eigenvalue weighted by Crippen LogP contribution is -2.24. The molecule has 9 heteroatoms. The predicted octanol–water partition coefficient (Wildman–Crippen LogP) is 3.39. The molecule has 2 N–H and O–H groups in total. The third kappa shape index (κ3) is 3.91.